The number of thioether (sulfide) groups is 1. The molecule has 0 aliphatic carbocycles. The molecule has 2 N–H and O–H groups in total. The van der Waals surface area contributed by atoms with Gasteiger partial charge in [0.05, 0.1) is 0 Å². The van der Waals surface area contributed by atoms with Gasteiger partial charge in [-0.1, -0.05) is 19.1 Å². The van der Waals surface area contributed by atoms with Crippen molar-refractivity contribution in [3.05, 3.63) is 29.8 Å². The molecule has 128 valence electrons. The largest absolute Gasteiger partial charge is 0.479 e. The summed E-state index contributed by atoms with van der Waals surface area (Å²) >= 11 is 5.26. The van der Waals surface area contributed by atoms with Crippen LogP contribution in [0, 0.1) is 5.92 Å². The van der Waals surface area contributed by atoms with Crippen LogP contribution in [0.1, 0.15) is 19.4 Å². The van der Waals surface area contributed by atoms with Crippen LogP contribution < -0.4 is 10.2 Å². The fourth-order valence-electron chi connectivity index (χ4n) is 1.74. The molecule has 5 nitrogen and oxygen atoms in total. The molecule has 1 rings (SSSR count). The second-order valence-corrected chi connectivity index (χ2v) is 7.52. The van der Waals surface area contributed by atoms with Gasteiger partial charge in [-0.15, -0.1) is 11.8 Å². The Hall–Kier alpha value is -1.34. The number of nitrogens with zero attached hydrogens (tertiary/aromatic N) is 1. The van der Waals surface area contributed by atoms with Gasteiger partial charge in [0.2, 0.25) is 5.91 Å². The Morgan fingerprint density at radius 1 is 1.43 bits per heavy atom. The number of carboxylic acid groups (broad SMARTS) is 1. The Morgan fingerprint density at radius 2 is 2.09 bits per heavy atom. The Labute approximate surface area is 147 Å². The lowest BCUT2D eigenvalue weighted by Crippen LogP contribution is -2.51. The van der Waals surface area contributed by atoms with Gasteiger partial charge in [-0.05, 0) is 24.6 Å². The lowest BCUT2D eigenvalue weighted by Gasteiger charge is -2.27. The highest BCUT2D eigenvalue weighted by atomic mass is 32.2. The Balaban J connectivity index is 2.82. The van der Waals surface area contributed by atoms with Gasteiger partial charge in [-0.2, -0.15) is 12.6 Å². The van der Waals surface area contributed by atoms with Crippen molar-refractivity contribution < 1.29 is 14.7 Å². The summed E-state index contributed by atoms with van der Waals surface area (Å²) in [7, 11) is 3.90. The average Bonchev–Trinajstić information content (AvgIpc) is 2.52. The molecule has 23 heavy (non-hydrogen) atoms. The third kappa shape index (κ3) is 5.66. The maximum atomic E-state index is 12.0. The van der Waals surface area contributed by atoms with Gasteiger partial charge in [0.15, 0.2) is 4.87 Å². The van der Waals surface area contributed by atoms with Crippen LogP contribution in [-0.2, 0) is 15.3 Å². The highest BCUT2D eigenvalue weighted by Crippen LogP contribution is 2.28. The van der Waals surface area contributed by atoms with Crippen molar-refractivity contribution in [1.82, 2.24) is 5.32 Å². The van der Waals surface area contributed by atoms with E-state index < -0.39 is 10.8 Å². The highest BCUT2D eigenvalue weighted by Gasteiger charge is 2.36. The van der Waals surface area contributed by atoms with E-state index in [2.05, 4.69) is 17.9 Å². The molecule has 0 saturated heterocycles. The summed E-state index contributed by atoms with van der Waals surface area (Å²) in [4.78, 5) is 24.2. The predicted octanol–water partition coefficient (Wildman–Crippen LogP) is 2.47. The zero-order valence-electron chi connectivity index (χ0n) is 13.9. The Kier molecular flexibility index (Phi) is 7.28. The van der Waals surface area contributed by atoms with Crippen molar-refractivity contribution in [3.8, 4) is 0 Å². The second-order valence-electron chi connectivity index (χ2n) is 5.76. The minimum atomic E-state index is -1.37. The number of rotatable bonds is 8. The van der Waals surface area contributed by atoms with Gasteiger partial charge < -0.3 is 15.3 Å². The number of amides is 1. The van der Waals surface area contributed by atoms with Gasteiger partial charge >= 0.3 is 5.97 Å². The van der Waals surface area contributed by atoms with Crippen molar-refractivity contribution in [2.75, 3.05) is 24.7 Å². The molecular formula is C16H24N2O3S2. The monoisotopic (exact) mass is 356 g/mol. The summed E-state index contributed by atoms with van der Waals surface area (Å²) < 4.78 is 0. The van der Waals surface area contributed by atoms with Crippen LogP contribution >= 0.6 is 24.4 Å². The second kappa shape index (κ2) is 8.49. The van der Waals surface area contributed by atoms with E-state index in [1.807, 2.05) is 43.3 Å². The number of anilines is 1. The van der Waals surface area contributed by atoms with Crippen LogP contribution in [0.5, 0.6) is 0 Å². The van der Waals surface area contributed by atoms with Crippen molar-refractivity contribution in [3.63, 3.8) is 0 Å². The summed E-state index contributed by atoms with van der Waals surface area (Å²) in [5, 5.41) is 12.1. The zero-order valence-corrected chi connectivity index (χ0v) is 15.6. The number of hydrogen-bond acceptors (Lipinski definition) is 5. The van der Waals surface area contributed by atoms with E-state index in [1.165, 1.54) is 18.7 Å². The molecule has 0 aliphatic heterocycles. The normalized spacial score (nSPS) is 14.7. The first kappa shape index (κ1) is 19.7. The van der Waals surface area contributed by atoms with E-state index in [4.69, 9.17) is 0 Å². The summed E-state index contributed by atoms with van der Waals surface area (Å²) in [6.45, 7) is 3.23. The molecule has 0 aliphatic rings. The number of carboxylic acids is 1. The van der Waals surface area contributed by atoms with Crippen molar-refractivity contribution in [1.29, 1.82) is 0 Å². The topological polar surface area (TPSA) is 69.6 Å². The molecule has 2 atom stereocenters. The van der Waals surface area contributed by atoms with E-state index in [1.54, 1.807) is 6.92 Å². The lowest BCUT2D eigenvalue weighted by atomic mass is 10.2. The molecule has 1 aromatic rings. The minimum Gasteiger partial charge on any atom is -0.479 e. The summed E-state index contributed by atoms with van der Waals surface area (Å²) in [6, 6.07) is 7.87. The van der Waals surface area contributed by atoms with Crippen LogP contribution in [0.2, 0.25) is 0 Å². The first-order chi connectivity index (χ1) is 10.7. The van der Waals surface area contributed by atoms with Crippen LogP contribution in [0.25, 0.3) is 0 Å². The highest BCUT2D eigenvalue weighted by molar-refractivity contribution is 8.00. The smallest absolute Gasteiger partial charge is 0.339 e. The molecule has 0 aromatic heterocycles. The predicted molar refractivity (Wildman–Crippen MR) is 99.3 cm³/mol. The molecule has 0 fully saturated rings. The molecule has 0 spiro atoms. The van der Waals surface area contributed by atoms with Gasteiger partial charge in [0.1, 0.15) is 0 Å². The lowest BCUT2D eigenvalue weighted by molar-refractivity contribution is -0.143. The Bertz CT molecular complexity index is 566. The number of nitrogens with one attached hydrogen (secondary N) is 1. The van der Waals surface area contributed by atoms with Crippen LogP contribution in [-0.4, -0.2) is 41.7 Å². The number of carbonyl (C=O) groups is 2. The molecular weight excluding hydrogens is 332 g/mol. The summed E-state index contributed by atoms with van der Waals surface area (Å²) in [5.41, 5.74) is 2.05. The van der Waals surface area contributed by atoms with Crippen molar-refractivity contribution in [2.24, 2.45) is 5.92 Å². The first-order valence-electron chi connectivity index (χ1n) is 7.26. The van der Waals surface area contributed by atoms with E-state index in [-0.39, 0.29) is 11.8 Å². The molecule has 1 unspecified atom stereocenters. The third-order valence-corrected chi connectivity index (χ3v) is 5.33. The fraction of sp³-hybridized carbons (Fsp3) is 0.500. The summed E-state index contributed by atoms with van der Waals surface area (Å²) in [5.74, 6) is -0.850. The fourth-order valence-corrected chi connectivity index (χ4v) is 2.84. The molecule has 1 aromatic carbocycles. The van der Waals surface area contributed by atoms with Gasteiger partial charge in [-0.3, -0.25) is 4.79 Å². The number of benzene rings is 1. The van der Waals surface area contributed by atoms with Crippen LogP contribution in [0.4, 0.5) is 5.69 Å². The van der Waals surface area contributed by atoms with Crippen LogP contribution in [0.3, 0.4) is 0 Å². The molecule has 0 heterocycles. The quantitative estimate of drug-likeness (QED) is 0.493. The van der Waals surface area contributed by atoms with E-state index in [0.29, 0.717) is 11.5 Å². The van der Waals surface area contributed by atoms with Crippen molar-refractivity contribution in [2.45, 2.75) is 24.5 Å². The van der Waals surface area contributed by atoms with Crippen LogP contribution in [0.15, 0.2) is 24.3 Å². The molecule has 0 radical (unpaired) electrons. The number of aliphatic carboxylic acids is 1. The number of thiol groups is 1. The maximum absolute atomic E-state index is 12.0. The van der Waals surface area contributed by atoms with E-state index in [0.717, 1.165) is 11.3 Å². The first-order valence-corrected chi connectivity index (χ1v) is 8.88. The average molecular weight is 357 g/mol. The molecule has 1 amide bonds. The van der Waals surface area contributed by atoms with Gasteiger partial charge in [-0.25, -0.2) is 4.79 Å². The van der Waals surface area contributed by atoms with Crippen molar-refractivity contribution >= 4 is 42.0 Å². The molecule has 0 bridgehead atoms. The van der Waals surface area contributed by atoms with E-state index in [9.17, 15) is 14.7 Å². The SMILES string of the molecule is CC(CS)C(=O)N[C@@](C)(SCc1cccc(N(C)C)c1)C(=O)O. The third-order valence-electron chi connectivity index (χ3n) is 3.45. The van der Waals surface area contributed by atoms with Gasteiger partial charge in [0, 0.05) is 37.2 Å². The van der Waals surface area contributed by atoms with Gasteiger partial charge in [0.25, 0.3) is 0 Å². The zero-order chi connectivity index (χ0) is 17.6. The number of carbonyl (C=O) groups excluding carboxylic acids is 1. The molecule has 0 saturated carbocycles. The summed E-state index contributed by atoms with van der Waals surface area (Å²) in [6.07, 6.45) is 0. The maximum Gasteiger partial charge on any atom is 0.339 e. The minimum absolute atomic E-state index is 0.306. The standard InChI is InChI=1S/C16H24N2O3S2/c1-11(9-22)14(19)17-16(2,15(20)21)23-10-12-6-5-7-13(8-12)18(3)4/h5-8,11,22H,9-10H2,1-4H3,(H,17,19)(H,20,21)/t11?,16-/m0/s1. The number of hydrogen-bond donors (Lipinski definition) is 3. The van der Waals surface area contributed by atoms with E-state index >= 15 is 0 Å². The Morgan fingerprint density at radius 3 is 2.61 bits per heavy atom. The molecule has 7 heteroatoms.